The molecule has 0 aliphatic carbocycles. The maximum absolute atomic E-state index is 5.84. The lowest BCUT2D eigenvalue weighted by Gasteiger charge is -2.07. The van der Waals surface area contributed by atoms with Gasteiger partial charge in [0, 0.05) is 12.0 Å². The van der Waals surface area contributed by atoms with Gasteiger partial charge in [-0.05, 0) is 25.1 Å². The van der Waals surface area contributed by atoms with E-state index in [1.165, 1.54) is 11.3 Å². The Hall–Kier alpha value is -1.75. The van der Waals surface area contributed by atoms with Crippen molar-refractivity contribution in [1.29, 1.82) is 0 Å². The van der Waals surface area contributed by atoms with Gasteiger partial charge in [-0.2, -0.15) is 0 Å². The number of thiazole rings is 1. The van der Waals surface area contributed by atoms with Crippen molar-refractivity contribution in [3.8, 4) is 22.1 Å². The molecular weight excluding hydrogens is 248 g/mol. The second kappa shape index (κ2) is 4.49. The molecule has 3 rings (SSSR count). The topological polar surface area (TPSA) is 57.4 Å². The molecule has 1 aromatic carbocycles. The summed E-state index contributed by atoms with van der Waals surface area (Å²) in [5.41, 5.74) is 7.74. The van der Waals surface area contributed by atoms with E-state index in [4.69, 9.17) is 15.2 Å². The van der Waals surface area contributed by atoms with Gasteiger partial charge in [0.2, 0.25) is 0 Å². The van der Waals surface area contributed by atoms with Gasteiger partial charge in [0.15, 0.2) is 11.5 Å². The minimum absolute atomic E-state index is 0.690. The maximum atomic E-state index is 5.84. The largest absolute Gasteiger partial charge is 0.490 e. The normalized spacial score (nSPS) is 14.3. The number of nitrogens with two attached hydrogens (primary N) is 1. The van der Waals surface area contributed by atoms with E-state index in [-0.39, 0.29) is 0 Å². The summed E-state index contributed by atoms with van der Waals surface area (Å²) < 4.78 is 11.3. The van der Waals surface area contributed by atoms with Gasteiger partial charge in [-0.25, -0.2) is 4.98 Å². The molecule has 0 unspecified atom stereocenters. The Kier molecular flexibility index (Phi) is 2.83. The van der Waals surface area contributed by atoms with Gasteiger partial charge in [-0.1, -0.05) is 11.3 Å². The first-order valence-electron chi connectivity index (χ1n) is 5.87. The Morgan fingerprint density at radius 2 is 2.00 bits per heavy atom. The molecule has 18 heavy (non-hydrogen) atoms. The zero-order valence-corrected chi connectivity index (χ0v) is 10.9. The van der Waals surface area contributed by atoms with Crippen LogP contribution in [0.15, 0.2) is 18.2 Å². The molecule has 0 radical (unpaired) electrons. The summed E-state index contributed by atoms with van der Waals surface area (Å²) in [4.78, 5) is 4.45. The van der Waals surface area contributed by atoms with Crippen LogP contribution in [0.1, 0.15) is 12.1 Å². The van der Waals surface area contributed by atoms with Crippen LogP contribution in [0.3, 0.4) is 0 Å². The Bertz CT molecular complexity index is 561. The third kappa shape index (κ3) is 2.01. The second-order valence-electron chi connectivity index (χ2n) is 4.18. The molecule has 0 spiro atoms. The van der Waals surface area contributed by atoms with Crippen molar-refractivity contribution in [3.05, 3.63) is 23.9 Å². The molecule has 0 saturated heterocycles. The molecule has 1 aliphatic rings. The zero-order chi connectivity index (χ0) is 12.5. The summed E-state index contributed by atoms with van der Waals surface area (Å²) >= 11 is 1.49. The summed E-state index contributed by atoms with van der Waals surface area (Å²) in [6.45, 7) is 3.31. The molecule has 1 aromatic heterocycles. The summed E-state index contributed by atoms with van der Waals surface area (Å²) in [5, 5.41) is 1.68. The standard InChI is InChI=1S/C13H14N2O2S/c1-8-12(14)18-13(15-8)9-3-4-10-11(7-9)17-6-2-5-16-10/h3-4,7H,2,5-6,14H2,1H3. The predicted octanol–water partition coefficient (Wildman–Crippen LogP) is 2.86. The van der Waals surface area contributed by atoms with E-state index in [9.17, 15) is 0 Å². The Morgan fingerprint density at radius 3 is 2.72 bits per heavy atom. The highest BCUT2D eigenvalue weighted by atomic mass is 32.1. The third-order valence-corrected chi connectivity index (χ3v) is 3.86. The lowest BCUT2D eigenvalue weighted by Crippen LogP contribution is -1.97. The van der Waals surface area contributed by atoms with Crippen LogP contribution < -0.4 is 15.2 Å². The van der Waals surface area contributed by atoms with Crippen molar-refractivity contribution < 1.29 is 9.47 Å². The van der Waals surface area contributed by atoms with Crippen LogP contribution in [0.5, 0.6) is 11.5 Å². The molecule has 2 N–H and O–H groups in total. The fraction of sp³-hybridized carbons (Fsp3) is 0.308. The van der Waals surface area contributed by atoms with E-state index < -0.39 is 0 Å². The number of fused-ring (bicyclic) bond motifs is 1. The van der Waals surface area contributed by atoms with Crippen LogP contribution in [-0.2, 0) is 0 Å². The van der Waals surface area contributed by atoms with Gasteiger partial charge in [0.1, 0.15) is 10.0 Å². The molecule has 4 nitrogen and oxygen atoms in total. The number of hydrogen-bond acceptors (Lipinski definition) is 5. The highest BCUT2D eigenvalue weighted by molar-refractivity contribution is 7.18. The van der Waals surface area contributed by atoms with E-state index in [0.717, 1.165) is 39.2 Å². The Labute approximate surface area is 109 Å². The van der Waals surface area contributed by atoms with Crippen molar-refractivity contribution in [3.63, 3.8) is 0 Å². The zero-order valence-electron chi connectivity index (χ0n) is 10.1. The van der Waals surface area contributed by atoms with Crippen molar-refractivity contribution in [2.75, 3.05) is 18.9 Å². The van der Waals surface area contributed by atoms with Crippen LogP contribution in [0, 0.1) is 6.92 Å². The Balaban J connectivity index is 2.01. The SMILES string of the molecule is Cc1nc(-c2ccc3c(c2)OCCCO3)sc1N. The molecule has 0 bridgehead atoms. The van der Waals surface area contributed by atoms with E-state index >= 15 is 0 Å². The molecule has 0 amide bonds. The van der Waals surface area contributed by atoms with Gasteiger partial charge in [0.05, 0.1) is 18.9 Å². The third-order valence-electron chi connectivity index (χ3n) is 2.83. The number of nitrogens with zero attached hydrogens (tertiary/aromatic N) is 1. The van der Waals surface area contributed by atoms with Crippen molar-refractivity contribution >= 4 is 16.3 Å². The molecule has 0 fully saturated rings. The lowest BCUT2D eigenvalue weighted by molar-refractivity contribution is 0.297. The summed E-state index contributed by atoms with van der Waals surface area (Å²) in [6.07, 6.45) is 0.910. The number of hydrogen-bond donors (Lipinski definition) is 1. The first-order chi connectivity index (χ1) is 8.74. The average Bonchev–Trinajstić information content (AvgIpc) is 2.60. The monoisotopic (exact) mass is 262 g/mol. The van der Waals surface area contributed by atoms with Crippen molar-refractivity contribution in [2.45, 2.75) is 13.3 Å². The van der Waals surface area contributed by atoms with Crippen LogP contribution in [0.2, 0.25) is 0 Å². The van der Waals surface area contributed by atoms with E-state index in [2.05, 4.69) is 4.98 Å². The van der Waals surface area contributed by atoms with Gasteiger partial charge < -0.3 is 15.2 Å². The molecule has 2 heterocycles. The number of nitrogen functional groups attached to an aromatic ring is 1. The Morgan fingerprint density at radius 1 is 1.22 bits per heavy atom. The molecule has 1 aliphatic heterocycles. The van der Waals surface area contributed by atoms with Gasteiger partial charge in [0.25, 0.3) is 0 Å². The fourth-order valence-electron chi connectivity index (χ4n) is 1.83. The number of ether oxygens (including phenoxy) is 2. The molecule has 94 valence electrons. The van der Waals surface area contributed by atoms with Crippen LogP contribution in [0.4, 0.5) is 5.00 Å². The summed E-state index contributed by atoms with van der Waals surface area (Å²) in [6, 6.07) is 5.90. The smallest absolute Gasteiger partial charge is 0.161 e. The predicted molar refractivity (Wildman–Crippen MR) is 72.3 cm³/mol. The minimum atomic E-state index is 0.690. The molecule has 0 atom stereocenters. The average molecular weight is 262 g/mol. The summed E-state index contributed by atoms with van der Waals surface area (Å²) in [5.74, 6) is 1.59. The van der Waals surface area contributed by atoms with Gasteiger partial charge in [-0.3, -0.25) is 0 Å². The second-order valence-corrected chi connectivity index (χ2v) is 5.21. The molecule has 0 saturated carbocycles. The minimum Gasteiger partial charge on any atom is -0.490 e. The molecule has 5 heteroatoms. The molecular formula is C13H14N2O2S. The fourth-order valence-corrected chi connectivity index (χ4v) is 2.66. The van der Waals surface area contributed by atoms with Gasteiger partial charge in [-0.15, -0.1) is 0 Å². The lowest BCUT2D eigenvalue weighted by atomic mass is 10.2. The van der Waals surface area contributed by atoms with Crippen LogP contribution >= 0.6 is 11.3 Å². The van der Waals surface area contributed by atoms with Crippen LogP contribution in [0.25, 0.3) is 10.6 Å². The quantitative estimate of drug-likeness (QED) is 0.858. The van der Waals surface area contributed by atoms with Crippen molar-refractivity contribution in [1.82, 2.24) is 4.98 Å². The first kappa shape index (κ1) is 11.3. The van der Waals surface area contributed by atoms with E-state index in [1.54, 1.807) is 0 Å². The number of aryl methyl sites for hydroxylation is 1. The van der Waals surface area contributed by atoms with Crippen molar-refractivity contribution in [2.24, 2.45) is 0 Å². The van der Waals surface area contributed by atoms with Crippen LogP contribution in [-0.4, -0.2) is 18.2 Å². The highest BCUT2D eigenvalue weighted by Crippen LogP contribution is 2.36. The first-order valence-corrected chi connectivity index (χ1v) is 6.68. The number of rotatable bonds is 1. The van der Waals surface area contributed by atoms with E-state index in [0.29, 0.717) is 13.2 Å². The highest BCUT2D eigenvalue weighted by Gasteiger charge is 2.13. The molecule has 2 aromatic rings. The van der Waals surface area contributed by atoms with E-state index in [1.807, 2.05) is 25.1 Å². The number of benzene rings is 1. The maximum Gasteiger partial charge on any atom is 0.161 e. The van der Waals surface area contributed by atoms with Gasteiger partial charge >= 0.3 is 0 Å². The number of anilines is 1. The summed E-state index contributed by atoms with van der Waals surface area (Å²) in [7, 11) is 0. The number of aromatic nitrogens is 1.